The van der Waals surface area contributed by atoms with Crippen LogP contribution in [0.2, 0.25) is 10.0 Å². The molecule has 0 unspecified atom stereocenters. The largest absolute Gasteiger partial charge is 0.351 e. The molecule has 2 amide bonds. The third-order valence-electron chi connectivity index (χ3n) is 2.95. The molecule has 1 aromatic carbocycles. The average molecular weight is 372 g/mol. The van der Waals surface area contributed by atoms with Crippen molar-refractivity contribution < 1.29 is 9.59 Å². The Balaban J connectivity index is 2.01. The fraction of sp³-hybridized carbons (Fsp3) is 0.267. The smallest absolute Gasteiger partial charge is 0.270 e. The zero-order valence-corrected chi connectivity index (χ0v) is 14.7. The number of carbonyl (C=O) groups is 2. The molecular formula is C15H15Cl2N3O2S. The summed E-state index contributed by atoms with van der Waals surface area (Å²) in [6.07, 6.45) is 1.91. The lowest BCUT2D eigenvalue weighted by molar-refractivity contribution is 0.0947. The lowest BCUT2D eigenvalue weighted by atomic mass is 10.2. The van der Waals surface area contributed by atoms with E-state index in [1.54, 1.807) is 11.4 Å². The summed E-state index contributed by atoms with van der Waals surface area (Å²) in [5, 5.41) is 8.03. The number of benzene rings is 1. The Kier molecular flexibility index (Phi) is 6.38. The Labute approximate surface area is 148 Å². The second-order valence-corrected chi connectivity index (χ2v) is 6.43. The minimum Gasteiger partial charge on any atom is -0.351 e. The molecule has 23 heavy (non-hydrogen) atoms. The number of nitrogens with one attached hydrogen (secondary N) is 2. The molecule has 0 aliphatic carbocycles. The van der Waals surface area contributed by atoms with Gasteiger partial charge < -0.3 is 5.32 Å². The first-order chi connectivity index (χ1) is 11.0. The van der Waals surface area contributed by atoms with E-state index in [9.17, 15) is 9.59 Å². The van der Waals surface area contributed by atoms with E-state index in [0.29, 0.717) is 22.3 Å². The predicted molar refractivity (Wildman–Crippen MR) is 93.8 cm³/mol. The highest BCUT2D eigenvalue weighted by Gasteiger charge is 2.15. The van der Waals surface area contributed by atoms with Crippen molar-refractivity contribution in [3.63, 3.8) is 0 Å². The van der Waals surface area contributed by atoms with Crippen molar-refractivity contribution in [2.45, 2.75) is 19.8 Å². The highest BCUT2D eigenvalue weighted by atomic mass is 35.5. The predicted octanol–water partition coefficient (Wildman–Crippen LogP) is 4.23. The van der Waals surface area contributed by atoms with Crippen LogP contribution in [0.5, 0.6) is 0 Å². The quantitative estimate of drug-likeness (QED) is 0.746. The van der Waals surface area contributed by atoms with Crippen molar-refractivity contribution in [2.24, 2.45) is 0 Å². The Morgan fingerprint density at radius 2 is 2.04 bits per heavy atom. The molecule has 0 aliphatic rings. The summed E-state index contributed by atoms with van der Waals surface area (Å²) in [5.74, 6) is -0.654. The third-order valence-corrected chi connectivity index (χ3v) is 4.25. The highest BCUT2D eigenvalue weighted by Crippen LogP contribution is 2.23. The van der Waals surface area contributed by atoms with Gasteiger partial charge in [-0.25, -0.2) is 4.98 Å². The van der Waals surface area contributed by atoms with Crippen molar-refractivity contribution in [1.29, 1.82) is 0 Å². The van der Waals surface area contributed by atoms with Crippen LogP contribution in [0.1, 0.15) is 40.6 Å². The summed E-state index contributed by atoms with van der Waals surface area (Å²) in [5.41, 5.74) is 0.573. The molecule has 8 heteroatoms. The number of anilines is 1. The van der Waals surface area contributed by atoms with Gasteiger partial charge in [-0.2, -0.15) is 0 Å². The standard InChI is InChI=1S/C15H15Cl2N3O2S/c1-2-3-6-18-14(22)12-8-23-15(19-12)20-13(21)10-5-4-9(16)7-11(10)17/h4-5,7-8H,2-3,6H2,1H3,(H,18,22)(H,19,20,21). The molecule has 2 aromatic rings. The maximum absolute atomic E-state index is 12.2. The molecule has 0 aliphatic heterocycles. The van der Waals surface area contributed by atoms with Crippen LogP contribution >= 0.6 is 34.5 Å². The SMILES string of the molecule is CCCCNC(=O)c1csc(NC(=O)c2ccc(Cl)cc2Cl)n1. The van der Waals surface area contributed by atoms with Crippen LogP contribution in [0.4, 0.5) is 5.13 Å². The van der Waals surface area contributed by atoms with Gasteiger partial charge in [-0.05, 0) is 24.6 Å². The van der Waals surface area contributed by atoms with Gasteiger partial charge >= 0.3 is 0 Å². The Morgan fingerprint density at radius 1 is 1.26 bits per heavy atom. The second-order valence-electron chi connectivity index (χ2n) is 4.73. The summed E-state index contributed by atoms with van der Waals surface area (Å²) in [6, 6.07) is 4.61. The van der Waals surface area contributed by atoms with E-state index < -0.39 is 5.91 Å². The number of aromatic nitrogens is 1. The summed E-state index contributed by atoms with van der Waals surface area (Å²) in [4.78, 5) is 28.1. The molecule has 0 bridgehead atoms. The fourth-order valence-corrected chi connectivity index (χ4v) is 2.92. The molecule has 0 atom stereocenters. The number of hydrogen-bond donors (Lipinski definition) is 2. The van der Waals surface area contributed by atoms with Gasteiger partial charge in [0.05, 0.1) is 10.6 Å². The van der Waals surface area contributed by atoms with E-state index >= 15 is 0 Å². The summed E-state index contributed by atoms with van der Waals surface area (Å²) < 4.78 is 0. The fourth-order valence-electron chi connectivity index (χ4n) is 1.74. The first kappa shape index (κ1) is 17.7. The zero-order valence-electron chi connectivity index (χ0n) is 12.4. The highest BCUT2D eigenvalue weighted by molar-refractivity contribution is 7.14. The van der Waals surface area contributed by atoms with Crippen molar-refractivity contribution in [3.05, 3.63) is 44.9 Å². The molecule has 0 fully saturated rings. The van der Waals surface area contributed by atoms with Crippen molar-refractivity contribution in [1.82, 2.24) is 10.3 Å². The van der Waals surface area contributed by atoms with E-state index in [2.05, 4.69) is 15.6 Å². The number of carbonyl (C=O) groups excluding carboxylic acids is 2. The monoisotopic (exact) mass is 371 g/mol. The number of nitrogens with zero attached hydrogens (tertiary/aromatic N) is 1. The van der Waals surface area contributed by atoms with E-state index in [1.807, 2.05) is 6.92 Å². The zero-order chi connectivity index (χ0) is 16.8. The van der Waals surface area contributed by atoms with E-state index in [-0.39, 0.29) is 16.6 Å². The molecule has 5 nitrogen and oxygen atoms in total. The van der Waals surface area contributed by atoms with Crippen molar-refractivity contribution in [2.75, 3.05) is 11.9 Å². The first-order valence-corrected chi connectivity index (χ1v) is 8.65. The minimum atomic E-state index is -0.404. The Bertz CT molecular complexity index is 718. The molecule has 0 saturated heterocycles. The van der Waals surface area contributed by atoms with Gasteiger partial charge in [0, 0.05) is 16.9 Å². The van der Waals surface area contributed by atoms with Gasteiger partial charge in [-0.3, -0.25) is 14.9 Å². The summed E-state index contributed by atoms with van der Waals surface area (Å²) in [7, 11) is 0. The molecule has 0 spiro atoms. The summed E-state index contributed by atoms with van der Waals surface area (Å²) in [6.45, 7) is 2.65. The molecule has 2 rings (SSSR count). The molecular weight excluding hydrogens is 357 g/mol. The van der Waals surface area contributed by atoms with Crippen LogP contribution in [-0.4, -0.2) is 23.3 Å². The number of rotatable bonds is 6. The van der Waals surface area contributed by atoms with Gasteiger partial charge in [-0.1, -0.05) is 36.5 Å². The van der Waals surface area contributed by atoms with Gasteiger partial charge in [0.2, 0.25) is 0 Å². The van der Waals surface area contributed by atoms with Gasteiger partial charge in [0.15, 0.2) is 5.13 Å². The molecule has 2 N–H and O–H groups in total. The van der Waals surface area contributed by atoms with Crippen LogP contribution in [-0.2, 0) is 0 Å². The number of thiazole rings is 1. The van der Waals surface area contributed by atoms with Gasteiger partial charge in [0.25, 0.3) is 11.8 Å². The van der Waals surface area contributed by atoms with Gasteiger partial charge in [-0.15, -0.1) is 11.3 Å². The van der Waals surface area contributed by atoms with Crippen LogP contribution in [0.25, 0.3) is 0 Å². The maximum Gasteiger partial charge on any atom is 0.270 e. The molecule has 1 aromatic heterocycles. The van der Waals surface area contributed by atoms with E-state index in [4.69, 9.17) is 23.2 Å². The minimum absolute atomic E-state index is 0.250. The van der Waals surface area contributed by atoms with Crippen LogP contribution in [0.3, 0.4) is 0 Å². The van der Waals surface area contributed by atoms with Gasteiger partial charge in [0.1, 0.15) is 5.69 Å². The normalized spacial score (nSPS) is 10.4. The van der Waals surface area contributed by atoms with Crippen molar-refractivity contribution >= 4 is 51.5 Å². The Morgan fingerprint density at radius 3 is 2.74 bits per heavy atom. The van der Waals surface area contributed by atoms with Crippen LogP contribution in [0.15, 0.2) is 23.6 Å². The molecule has 1 heterocycles. The lowest BCUT2D eigenvalue weighted by Crippen LogP contribution is -2.24. The first-order valence-electron chi connectivity index (χ1n) is 7.01. The second kappa shape index (κ2) is 8.29. The number of hydrogen-bond acceptors (Lipinski definition) is 4. The third kappa shape index (κ3) is 4.92. The number of halogens is 2. The molecule has 0 saturated carbocycles. The lowest BCUT2D eigenvalue weighted by Gasteiger charge is -2.04. The number of amides is 2. The average Bonchev–Trinajstić information content (AvgIpc) is 2.95. The Hall–Kier alpha value is -1.63. The molecule has 0 radical (unpaired) electrons. The van der Waals surface area contributed by atoms with E-state index in [1.165, 1.54) is 23.5 Å². The topological polar surface area (TPSA) is 71.1 Å². The van der Waals surface area contributed by atoms with E-state index in [0.717, 1.165) is 12.8 Å². The van der Waals surface area contributed by atoms with Crippen LogP contribution < -0.4 is 10.6 Å². The van der Waals surface area contributed by atoms with Crippen molar-refractivity contribution in [3.8, 4) is 0 Å². The number of unbranched alkanes of at least 4 members (excludes halogenated alkanes) is 1. The van der Waals surface area contributed by atoms with Crippen LogP contribution in [0, 0.1) is 0 Å². The maximum atomic E-state index is 12.2. The molecule has 122 valence electrons. The summed E-state index contributed by atoms with van der Waals surface area (Å²) >= 11 is 13.0.